The van der Waals surface area contributed by atoms with E-state index in [1.807, 2.05) is 37.3 Å². The first-order valence-electron chi connectivity index (χ1n) is 5.75. The number of aromatic nitrogens is 1. The van der Waals surface area contributed by atoms with Crippen molar-refractivity contribution < 1.29 is 0 Å². The normalized spacial score (nSPS) is 10.1. The number of para-hydroxylation sites is 1. The number of benzene rings is 1. The van der Waals surface area contributed by atoms with Crippen molar-refractivity contribution in [3.8, 4) is 0 Å². The van der Waals surface area contributed by atoms with Crippen molar-refractivity contribution in [3.63, 3.8) is 0 Å². The van der Waals surface area contributed by atoms with E-state index in [1.165, 1.54) is 0 Å². The Bertz CT molecular complexity index is 508. The highest BCUT2D eigenvalue weighted by Gasteiger charge is 2.00. The molecule has 0 atom stereocenters. The molecule has 2 aromatic rings. The van der Waals surface area contributed by atoms with Crippen molar-refractivity contribution in [1.29, 1.82) is 0 Å². The van der Waals surface area contributed by atoms with Crippen LogP contribution in [0.25, 0.3) is 0 Å². The van der Waals surface area contributed by atoms with E-state index < -0.39 is 0 Å². The van der Waals surface area contributed by atoms with Gasteiger partial charge in [0.25, 0.3) is 0 Å². The van der Waals surface area contributed by atoms with Crippen LogP contribution in [0.1, 0.15) is 10.7 Å². The van der Waals surface area contributed by atoms with Crippen LogP contribution in [0.4, 0.5) is 5.69 Å². The van der Waals surface area contributed by atoms with E-state index >= 15 is 0 Å². The number of nitrogens with one attached hydrogen (secondary N) is 2. The van der Waals surface area contributed by atoms with Crippen molar-refractivity contribution in [2.75, 3.05) is 11.9 Å². The Balaban J connectivity index is 1.72. The Hall–Kier alpha value is -1.46. The first-order chi connectivity index (χ1) is 8.74. The number of hydrogen-bond donors (Lipinski definition) is 2. The summed E-state index contributed by atoms with van der Waals surface area (Å²) in [5.74, 6) is 0. The number of thiocarbonyl (C=S) groups is 1. The van der Waals surface area contributed by atoms with E-state index in [1.54, 1.807) is 11.3 Å². The highest BCUT2D eigenvalue weighted by atomic mass is 32.1. The second kappa shape index (κ2) is 6.47. The smallest absolute Gasteiger partial charge is 0.170 e. The molecule has 0 spiro atoms. The van der Waals surface area contributed by atoms with E-state index in [9.17, 15) is 0 Å². The minimum absolute atomic E-state index is 0.648. The number of aryl methyl sites for hydroxylation is 1. The Morgan fingerprint density at radius 3 is 2.78 bits per heavy atom. The summed E-state index contributed by atoms with van der Waals surface area (Å²) in [6.07, 6.45) is 0.898. The van der Waals surface area contributed by atoms with Gasteiger partial charge in [-0.1, -0.05) is 18.2 Å². The van der Waals surface area contributed by atoms with Crippen LogP contribution in [0.15, 0.2) is 35.7 Å². The summed E-state index contributed by atoms with van der Waals surface area (Å²) < 4.78 is 0. The summed E-state index contributed by atoms with van der Waals surface area (Å²) in [6, 6.07) is 9.90. The number of thiazole rings is 1. The molecule has 0 saturated heterocycles. The fourth-order valence-electron chi connectivity index (χ4n) is 1.50. The molecular formula is C13H15N3S2. The van der Waals surface area contributed by atoms with Crippen LogP contribution in [0.2, 0.25) is 0 Å². The van der Waals surface area contributed by atoms with Gasteiger partial charge in [-0.3, -0.25) is 0 Å². The highest BCUT2D eigenvalue weighted by Crippen LogP contribution is 2.08. The second-order valence-electron chi connectivity index (χ2n) is 3.88. The molecule has 5 heteroatoms. The van der Waals surface area contributed by atoms with Gasteiger partial charge in [-0.25, -0.2) is 4.98 Å². The summed E-state index contributed by atoms with van der Waals surface area (Å²) in [6.45, 7) is 2.81. The van der Waals surface area contributed by atoms with Gasteiger partial charge < -0.3 is 10.6 Å². The maximum absolute atomic E-state index is 5.22. The lowest BCUT2D eigenvalue weighted by molar-refractivity contribution is 0.862. The molecule has 0 amide bonds. The zero-order valence-corrected chi connectivity index (χ0v) is 11.8. The predicted octanol–water partition coefficient (Wildman–Crippen LogP) is 2.98. The van der Waals surface area contributed by atoms with Crippen molar-refractivity contribution in [2.24, 2.45) is 0 Å². The molecule has 0 unspecified atom stereocenters. The van der Waals surface area contributed by atoms with Crippen molar-refractivity contribution in [3.05, 3.63) is 46.4 Å². The number of rotatable bonds is 4. The minimum Gasteiger partial charge on any atom is -0.362 e. The van der Waals surface area contributed by atoms with Gasteiger partial charge in [0.15, 0.2) is 5.11 Å². The van der Waals surface area contributed by atoms with E-state index in [-0.39, 0.29) is 0 Å². The lowest BCUT2D eigenvalue weighted by Gasteiger charge is -2.09. The number of nitrogens with zero attached hydrogens (tertiary/aromatic N) is 1. The largest absolute Gasteiger partial charge is 0.362 e. The van der Waals surface area contributed by atoms with Crippen LogP contribution in [-0.4, -0.2) is 16.6 Å². The van der Waals surface area contributed by atoms with Crippen molar-refractivity contribution in [2.45, 2.75) is 13.3 Å². The van der Waals surface area contributed by atoms with Gasteiger partial charge in [0.1, 0.15) is 0 Å². The Morgan fingerprint density at radius 1 is 1.33 bits per heavy atom. The Labute approximate surface area is 116 Å². The molecule has 2 rings (SSSR count). The second-order valence-corrected chi connectivity index (χ2v) is 5.23. The molecular weight excluding hydrogens is 262 g/mol. The van der Waals surface area contributed by atoms with Crippen LogP contribution in [0.5, 0.6) is 0 Å². The van der Waals surface area contributed by atoms with Gasteiger partial charge in [0.2, 0.25) is 0 Å². The quantitative estimate of drug-likeness (QED) is 0.843. The Kier molecular flexibility index (Phi) is 4.66. The standard InChI is InChI=1S/C13H15N3S2/c1-10-9-18-12(15-10)7-8-14-13(17)16-11-5-3-2-4-6-11/h2-6,9H,7-8H2,1H3,(H2,14,16,17). The maximum Gasteiger partial charge on any atom is 0.170 e. The lowest BCUT2D eigenvalue weighted by Crippen LogP contribution is -2.30. The van der Waals surface area contributed by atoms with Gasteiger partial charge in [-0.05, 0) is 31.3 Å². The van der Waals surface area contributed by atoms with Crippen LogP contribution in [0.3, 0.4) is 0 Å². The monoisotopic (exact) mass is 277 g/mol. The molecule has 0 fully saturated rings. The molecule has 3 nitrogen and oxygen atoms in total. The fourth-order valence-corrected chi connectivity index (χ4v) is 2.49. The average Bonchev–Trinajstić information content (AvgIpc) is 2.76. The van der Waals surface area contributed by atoms with Crippen LogP contribution in [0, 0.1) is 6.92 Å². The molecule has 1 aromatic carbocycles. The van der Waals surface area contributed by atoms with Crippen LogP contribution < -0.4 is 10.6 Å². The molecule has 1 aromatic heterocycles. The fraction of sp³-hybridized carbons (Fsp3) is 0.231. The van der Waals surface area contributed by atoms with E-state index in [0.717, 1.165) is 29.4 Å². The molecule has 0 bridgehead atoms. The van der Waals surface area contributed by atoms with Crippen LogP contribution in [-0.2, 0) is 6.42 Å². The minimum atomic E-state index is 0.648. The Morgan fingerprint density at radius 2 is 2.11 bits per heavy atom. The topological polar surface area (TPSA) is 37.0 Å². The van der Waals surface area contributed by atoms with E-state index in [4.69, 9.17) is 12.2 Å². The molecule has 0 aliphatic carbocycles. The predicted molar refractivity (Wildman–Crippen MR) is 81.2 cm³/mol. The van der Waals surface area contributed by atoms with E-state index in [2.05, 4.69) is 21.0 Å². The number of anilines is 1. The van der Waals surface area contributed by atoms with Crippen molar-refractivity contribution >= 4 is 34.4 Å². The molecule has 94 valence electrons. The first-order valence-corrected chi connectivity index (χ1v) is 7.04. The average molecular weight is 277 g/mol. The van der Waals surface area contributed by atoms with Gasteiger partial charge >= 0.3 is 0 Å². The summed E-state index contributed by atoms with van der Waals surface area (Å²) in [4.78, 5) is 4.41. The zero-order chi connectivity index (χ0) is 12.8. The molecule has 2 N–H and O–H groups in total. The highest BCUT2D eigenvalue weighted by molar-refractivity contribution is 7.80. The zero-order valence-electron chi connectivity index (χ0n) is 10.1. The van der Waals surface area contributed by atoms with Crippen molar-refractivity contribution in [1.82, 2.24) is 10.3 Å². The maximum atomic E-state index is 5.22. The number of hydrogen-bond acceptors (Lipinski definition) is 3. The van der Waals surface area contributed by atoms with Gasteiger partial charge in [-0.2, -0.15) is 0 Å². The summed E-state index contributed by atoms with van der Waals surface area (Å²) in [5.41, 5.74) is 2.08. The summed E-state index contributed by atoms with van der Waals surface area (Å²) >= 11 is 6.91. The molecule has 0 radical (unpaired) electrons. The molecule has 1 heterocycles. The van der Waals surface area contributed by atoms with Crippen LogP contribution >= 0.6 is 23.6 Å². The molecule has 0 aliphatic heterocycles. The molecule has 18 heavy (non-hydrogen) atoms. The first kappa shape index (κ1) is 13.0. The SMILES string of the molecule is Cc1csc(CCNC(=S)Nc2ccccc2)n1. The third-order valence-electron chi connectivity index (χ3n) is 2.32. The molecule has 0 saturated carbocycles. The van der Waals surface area contributed by atoms with Gasteiger partial charge in [-0.15, -0.1) is 11.3 Å². The molecule has 0 aliphatic rings. The van der Waals surface area contributed by atoms with E-state index in [0.29, 0.717) is 5.11 Å². The lowest BCUT2D eigenvalue weighted by atomic mass is 10.3. The third-order valence-corrected chi connectivity index (χ3v) is 3.60. The van der Waals surface area contributed by atoms with Gasteiger partial charge in [0, 0.05) is 29.7 Å². The summed E-state index contributed by atoms with van der Waals surface area (Å²) in [5, 5.41) is 10.2. The summed E-state index contributed by atoms with van der Waals surface area (Å²) in [7, 11) is 0. The van der Waals surface area contributed by atoms with Gasteiger partial charge in [0.05, 0.1) is 5.01 Å². The third kappa shape index (κ3) is 4.09.